The topological polar surface area (TPSA) is 97.5 Å². The molecule has 2 heterocycles. The molecule has 0 fully saturated rings. The summed E-state index contributed by atoms with van der Waals surface area (Å²) in [6, 6.07) is 1.69. The number of primary amides is 1. The number of carbonyl (C=O) groups excluding carboxylic acids is 1. The molecule has 6 heteroatoms. The third-order valence-corrected chi connectivity index (χ3v) is 1.48. The summed E-state index contributed by atoms with van der Waals surface area (Å²) in [5.41, 5.74) is 6.24. The Morgan fingerprint density at radius 3 is 3.17 bits per heavy atom. The third kappa shape index (κ3) is 0.815. The van der Waals surface area contributed by atoms with Crippen LogP contribution in [0.15, 0.2) is 12.3 Å². The first-order valence-electron chi connectivity index (χ1n) is 3.24. The van der Waals surface area contributed by atoms with Gasteiger partial charge < -0.3 is 5.73 Å². The van der Waals surface area contributed by atoms with Crippen molar-refractivity contribution < 1.29 is 4.79 Å². The second kappa shape index (κ2) is 2.26. The van der Waals surface area contributed by atoms with Crippen LogP contribution >= 0.6 is 0 Å². The van der Waals surface area contributed by atoms with Gasteiger partial charge in [-0.15, -0.1) is 5.10 Å². The van der Waals surface area contributed by atoms with E-state index in [1.165, 1.54) is 0 Å². The van der Waals surface area contributed by atoms with E-state index in [1.807, 2.05) is 0 Å². The van der Waals surface area contributed by atoms with Gasteiger partial charge in [0.25, 0.3) is 5.91 Å². The van der Waals surface area contributed by atoms with Gasteiger partial charge in [-0.2, -0.15) is 0 Å². The van der Waals surface area contributed by atoms with Gasteiger partial charge in [0.15, 0.2) is 5.69 Å². The van der Waals surface area contributed by atoms with Crippen LogP contribution in [0.25, 0.3) is 11.4 Å². The molecule has 2 aliphatic rings. The van der Waals surface area contributed by atoms with Gasteiger partial charge in [-0.05, 0) is 6.07 Å². The van der Waals surface area contributed by atoms with Gasteiger partial charge in [-0.1, -0.05) is 5.21 Å². The molecule has 1 amide bonds. The highest BCUT2D eigenvalue weighted by molar-refractivity contribution is 5.96. The second-order valence-corrected chi connectivity index (χ2v) is 2.23. The predicted molar refractivity (Wildman–Crippen MR) is 39.3 cm³/mol. The first kappa shape index (κ1) is 6.71. The fourth-order valence-electron chi connectivity index (χ4n) is 0.956. The van der Waals surface area contributed by atoms with Crippen LogP contribution in [0.3, 0.4) is 0 Å². The number of fused-ring (bicyclic) bond motifs is 1. The Morgan fingerprint density at radius 1 is 1.58 bits per heavy atom. The highest BCUT2D eigenvalue weighted by Gasteiger charge is 2.15. The zero-order chi connectivity index (χ0) is 8.55. The summed E-state index contributed by atoms with van der Waals surface area (Å²) in [6.45, 7) is 0. The summed E-state index contributed by atoms with van der Waals surface area (Å²) in [5.74, 6) is -0.625. The Morgan fingerprint density at radius 2 is 2.42 bits per heavy atom. The Balaban J connectivity index is 2.71. The second-order valence-electron chi connectivity index (χ2n) is 2.23. The van der Waals surface area contributed by atoms with Crippen molar-refractivity contribution in [2.45, 2.75) is 0 Å². The van der Waals surface area contributed by atoms with Crippen molar-refractivity contribution in [2.24, 2.45) is 5.73 Å². The van der Waals surface area contributed by atoms with Gasteiger partial charge in [0.05, 0.1) is 5.69 Å². The molecular formula is C6H5N5O. The fraction of sp³-hybridized carbons (Fsp3) is 0. The van der Waals surface area contributed by atoms with Crippen LogP contribution in [0, 0.1) is 0 Å². The Bertz CT molecular complexity index is 395. The number of aromatic nitrogens is 4. The molecule has 0 saturated carbocycles. The van der Waals surface area contributed by atoms with Gasteiger partial charge in [0.1, 0.15) is 5.69 Å². The Hall–Kier alpha value is -1.98. The molecule has 0 radical (unpaired) electrons. The molecule has 0 bridgehead atoms. The highest BCUT2D eigenvalue weighted by Crippen LogP contribution is 2.17. The van der Waals surface area contributed by atoms with E-state index in [9.17, 15) is 4.79 Å². The largest absolute Gasteiger partial charge is 0.364 e. The van der Waals surface area contributed by atoms with Crippen molar-refractivity contribution in [3.63, 3.8) is 0 Å². The molecule has 0 aliphatic carbocycles. The average molecular weight is 163 g/mol. The molecule has 0 aromatic carbocycles. The summed E-state index contributed by atoms with van der Waals surface area (Å²) in [5, 5.41) is 9.62. The van der Waals surface area contributed by atoms with Gasteiger partial charge in [-0.3, -0.25) is 14.9 Å². The molecule has 0 unspecified atom stereocenters. The van der Waals surface area contributed by atoms with E-state index >= 15 is 0 Å². The number of H-pyrrole nitrogens is 1. The molecular weight excluding hydrogens is 158 g/mol. The predicted octanol–water partition coefficient (Wildman–Crippen LogP) is -0.597. The fourth-order valence-corrected chi connectivity index (χ4v) is 0.956. The minimum atomic E-state index is -0.625. The maximum atomic E-state index is 10.8. The zero-order valence-corrected chi connectivity index (χ0v) is 5.98. The Labute approximate surface area is 67.1 Å². The summed E-state index contributed by atoms with van der Waals surface area (Å²) in [7, 11) is 0. The first-order valence-corrected chi connectivity index (χ1v) is 3.24. The summed E-state index contributed by atoms with van der Waals surface area (Å²) >= 11 is 0. The lowest BCUT2D eigenvalue weighted by Gasteiger charge is -1.98. The van der Waals surface area contributed by atoms with Crippen LogP contribution in [-0.4, -0.2) is 26.3 Å². The number of amides is 1. The van der Waals surface area contributed by atoms with E-state index in [0.717, 1.165) is 0 Å². The molecule has 0 saturated heterocycles. The van der Waals surface area contributed by atoms with Crippen molar-refractivity contribution in [3.05, 3.63) is 18.0 Å². The van der Waals surface area contributed by atoms with Crippen LogP contribution in [0.5, 0.6) is 0 Å². The minimum absolute atomic E-state index is 0.0914. The number of nitrogens with two attached hydrogens (primary N) is 1. The lowest BCUT2D eigenvalue weighted by molar-refractivity contribution is 0.0994. The van der Waals surface area contributed by atoms with Gasteiger partial charge in [0.2, 0.25) is 0 Å². The number of nitrogens with one attached hydrogen (secondary N) is 1. The van der Waals surface area contributed by atoms with Crippen molar-refractivity contribution in [1.82, 2.24) is 20.4 Å². The highest BCUT2D eigenvalue weighted by atomic mass is 16.1. The van der Waals surface area contributed by atoms with E-state index in [2.05, 4.69) is 20.4 Å². The van der Waals surface area contributed by atoms with E-state index in [1.54, 1.807) is 12.3 Å². The lowest BCUT2D eigenvalue weighted by atomic mass is 10.2. The monoisotopic (exact) mass is 163 g/mol. The van der Waals surface area contributed by atoms with Crippen molar-refractivity contribution >= 4 is 5.91 Å². The molecule has 0 spiro atoms. The molecule has 3 N–H and O–H groups in total. The van der Waals surface area contributed by atoms with E-state index in [4.69, 9.17) is 5.73 Å². The van der Waals surface area contributed by atoms with Crippen LogP contribution < -0.4 is 5.73 Å². The van der Waals surface area contributed by atoms with Crippen LogP contribution in [0.1, 0.15) is 10.5 Å². The van der Waals surface area contributed by atoms with Crippen LogP contribution in [0.2, 0.25) is 0 Å². The maximum absolute atomic E-state index is 10.8. The normalized spacial score (nSPS) is 10.3. The molecule has 0 aromatic heterocycles. The summed E-state index contributed by atoms with van der Waals surface area (Å²) < 4.78 is 0. The third-order valence-electron chi connectivity index (χ3n) is 1.48. The lowest BCUT2D eigenvalue weighted by Crippen LogP contribution is -2.16. The summed E-state index contributed by atoms with van der Waals surface area (Å²) in [6.07, 6.45) is 1.55. The van der Waals surface area contributed by atoms with E-state index in [-0.39, 0.29) is 5.69 Å². The van der Waals surface area contributed by atoms with Gasteiger partial charge in [0, 0.05) is 6.20 Å². The number of hydrogen-bond donors (Lipinski definition) is 2. The summed E-state index contributed by atoms with van der Waals surface area (Å²) in [4.78, 5) is 14.7. The first-order chi connectivity index (χ1) is 5.79. The van der Waals surface area contributed by atoms with Crippen molar-refractivity contribution in [2.75, 3.05) is 0 Å². The number of rotatable bonds is 1. The van der Waals surface area contributed by atoms with E-state index < -0.39 is 5.91 Å². The number of aromatic amines is 1. The molecule has 12 heavy (non-hydrogen) atoms. The van der Waals surface area contributed by atoms with Crippen LogP contribution in [-0.2, 0) is 0 Å². The average Bonchev–Trinajstić information content (AvgIpc) is 2.49. The molecule has 60 valence electrons. The van der Waals surface area contributed by atoms with Crippen molar-refractivity contribution in [3.8, 4) is 11.4 Å². The molecule has 6 nitrogen and oxygen atoms in total. The number of hydrogen-bond acceptors (Lipinski definition) is 4. The van der Waals surface area contributed by atoms with Crippen LogP contribution in [0.4, 0.5) is 0 Å². The minimum Gasteiger partial charge on any atom is -0.364 e. The Kier molecular flexibility index (Phi) is 1.26. The molecule has 2 aliphatic heterocycles. The number of carbonyl (C=O) groups is 1. The van der Waals surface area contributed by atoms with Gasteiger partial charge in [-0.25, -0.2) is 0 Å². The zero-order valence-electron chi connectivity index (χ0n) is 5.98. The van der Waals surface area contributed by atoms with Gasteiger partial charge >= 0.3 is 0 Å². The van der Waals surface area contributed by atoms with Crippen molar-refractivity contribution in [1.29, 1.82) is 0 Å². The molecule has 0 aromatic rings. The number of nitrogens with zero attached hydrogens (tertiary/aromatic N) is 3. The quantitative estimate of drug-likeness (QED) is 0.586. The SMILES string of the molecule is NC(=O)c1nn[nH]c2ccnc1-2. The molecule has 2 rings (SSSR count). The standard InChI is InChI=1S/C6H5N5O/c7-6(12)5-4-3(1-2-8-4)9-11-10-5/h1-2H,(H2,7,12)(H,9,10). The molecule has 0 atom stereocenters. The van der Waals surface area contributed by atoms with E-state index in [0.29, 0.717) is 11.4 Å². The smallest absolute Gasteiger partial charge is 0.271 e. The maximum Gasteiger partial charge on any atom is 0.271 e.